The third-order valence-corrected chi connectivity index (χ3v) is 5.07. The molecule has 1 aliphatic heterocycles. The number of carbonyl (C=O) groups is 1. The lowest BCUT2D eigenvalue weighted by Gasteiger charge is -2.42. The average molecular weight is 419 g/mol. The fourth-order valence-electron chi connectivity index (χ4n) is 3.29. The van der Waals surface area contributed by atoms with E-state index in [2.05, 4.69) is 44.0 Å². The Morgan fingerprint density at radius 3 is 2.88 bits per heavy atom. The van der Waals surface area contributed by atoms with Gasteiger partial charge in [0.1, 0.15) is 5.60 Å². The lowest BCUT2D eigenvalue weighted by atomic mass is 10.1. The molecule has 26 heavy (non-hydrogen) atoms. The highest BCUT2D eigenvalue weighted by molar-refractivity contribution is 9.10. The summed E-state index contributed by atoms with van der Waals surface area (Å²) in [5.74, 6) is 0. The number of benzene rings is 1. The lowest BCUT2D eigenvalue weighted by Crippen LogP contribution is -2.55. The summed E-state index contributed by atoms with van der Waals surface area (Å²) in [6.45, 7) is 7.27. The summed E-state index contributed by atoms with van der Waals surface area (Å²) >= 11 is 3.56. The van der Waals surface area contributed by atoms with Crippen LogP contribution in [0.25, 0.3) is 10.9 Å². The number of aromatic nitrogens is 1. The number of halogens is 1. The van der Waals surface area contributed by atoms with E-state index >= 15 is 0 Å². The van der Waals surface area contributed by atoms with Crippen LogP contribution in [0.1, 0.15) is 27.2 Å². The van der Waals surface area contributed by atoms with E-state index < -0.39 is 5.60 Å². The summed E-state index contributed by atoms with van der Waals surface area (Å²) in [4.78, 5) is 19.6. The van der Waals surface area contributed by atoms with E-state index in [-0.39, 0.29) is 12.1 Å². The number of aromatic amines is 1. The second-order valence-electron chi connectivity index (χ2n) is 7.47. The number of hydrogen-bond acceptors (Lipinski definition) is 4. The first-order valence-corrected chi connectivity index (χ1v) is 9.46. The zero-order valence-corrected chi connectivity index (χ0v) is 16.8. The van der Waals surface area contributed by atoms with Gasteiger partial charge in [-0.05, 0) is 42.8 Å². The molecule has 1 atom stereocenters. The second kappa shape index (κ2) is 7.20. The van der Waals surface area contributed by atoms with Gasteiger partial charge in [0.05, 0.1) is 29.7 Å². The third kappa shape index (κ3) is 3.80. The maximum atomic E-state index is 12.4. The molecule has 3 rings (SSSR count). The molecule has 7 heteroatoms. The molecule has 1 fully saturated rings. The Morgan fingerprint density at radius 1 is 1.42 bits per heavy atom. The number of piperazine rings is 1. The molecule has 0 radical (unpaired) electrons. The monoisotopic (exact) mass is 418 g/mol. The van der Waals surface area contributed by atoms with Crippen molar-refractivity contribution in [3.8, 4) is 6.07 Å². The van der Waals surface area contributed by atoms with Gasteiger partial charge in [-0.2, -0.15) is 5.26 Å². The van der Waals surface area contributed by atoms with Crippen LogP contribution in [0.3, 0.4) is 0 Å². The van der Waals surface area contributed by atoms with Gasteiger partial charge >= 0.3 is 6.09 Å². The Hall–Kier alpha value is -2.20. The van der Waals surface area contributed by atoms with Gasteiger partial charge in [-0.25, -0.2) is 4.79 Å². The number of H-pyrrole nitrogens is 1. The SMILES string of the molecule is CC(C)(C)OC(=O)N1CCN(c2cccc3c(Br)c[nH]c23)C(CC#N)C1. The highest BCUT2D eigenvalue weighted by Crippen LogP contribution is 2.33. The van der Waals surface area contributed by atoms with Gasteiger partial charge in [-0.1, -0.05) is 12.1 Å². The van der Waals surface area contributed by atoms with Crippen LogP contribution in [-0.2, 0) is 4.74 Å². The Kier molecular flexibility index (Phi) is 5.15. The van der Waals surface area contributed by atoms with Gasteiger partial charge in [0.25, 0.3) is 0 Å². The molecule has 2 aromatic rings. The molecule has 6 nitrogen and oxygen atoms in total. The van der Waals surface area contributed by atoms with E-state index in [1.807, 2.05) is 33.0 Å². The second-order valence-corrected chi connectivity index (χ2v) is 8.33. The quantitative estimate of drug-likeness (QED) is 0.789. The molecule has 1 saturated heterocycles. The van der Waals surface area contributed by atoms with Crippen molar-refractivity contribution in [2.75, 3.05) is 24.5 Å². The normalized spacial score (nSPS) is 18.0. The maximum absolute atomic E-state index is 12.4. The van der Waals surface area contributed by atoms with Gasteiger partial charge < -0.3 is 19.5 Å². The van der Waals surface area contributed by atoms with Gasteiger partial charge in [0.2, 0.25) is 0 Å². The van der Waals surface area contributed by atoms with E-state index in [0.29, 0.717) is 26.1 Å². The number of ether oxygens (including phenoxy) is 1. The smallest absolute Gasteiger partial charge is 0.410 e. The van der Waals surface area contributed by atoms with Gasteiger partial charge in [0.15, 0.2) is 0 Å². The van der Waals surface area contributed by atoms with E-state index in [9.17, 15) is 10.1 Å². The molecule has 1 aromatic heterocycles. The number of nitrogens with one attached hydrogen (secondary N) is 1. The maximum Gasteiger partial charge on any atom is 0.410 e. The van der Waals surface area contributed by atoms with Crippen LogP contribution in [-0.4, -0.2) is 47.3 Å². The standard InChI is InChI=1S/C19H23BrN4O2/c1-19(2,3)26-18(25)23-9-10-24(13(12-23)7-8-21)16-6-4-5-14-15(20)11-22-17(14)16/h4-6,11,13,22H,7,9-10,12H2,1-3H3. The first-order chi connectivity index (χ1) is 12.3. The first-order valence-electron chi connectivity index (χ1n) is 8.67. The Labute approximate surface area is 161 Å². The summed E-state index contributed by atoms with van der Waals surface area (Å²) < 4.78 is 6.50. The summed E-state index contributed by atoms with van der Waals surface area (Å²) in [6.07, 6.45) is 1.95. The minimum atomic E-state index is -0.527. The lowest BCUT2D eigenvalue weighted by molar-refractivity contribution is 0.0215. The number of rotatable bonds is 2. The number of anilines is 1. The Morgan fingerprint density at radius 2 is 2.19 bits per heavy atom. The Balaban J connectivity index is 1.85. The van der Waals surface area contributed by atoms with Crippen molar-refractivity contribution < 1.29 is 9.53 Å². The molecule has 1 unspecified atom stereocenters. The van der Waals surface area contributed by atoms with Crippen molar-refractivity contribution in [3.63, 3.8) is 0 Å². The fraction of sp³-hybridized carbons (Fsp3) is 0.474. The van der Waals surface area contributed by atoms with Crippen LogP contribution in [0.2, 0.25) is 0 Å². The molecule has 0 aliphatic carbocycles. The summed E-state index contributed by atoms with van der Waals surface area (Å²) in [7, 11) is 0. The zero-order valence-electron chi connectivity index (χ0n) is 15.3. The van der Waals surface area contributed by atoms with E-state index in [1.165, 1.54) is 0 Å². The van der Waals surface area contributed by atoms with E-state index in [4.69, 9.17) is 4.74 Å². The summed E-state index contributed by atoms with van der Waals surface area (Å²) in [6, 6.07) is 8.30. The van der Waals surface area contributed by atoms with Crippen LogP contribution >= 0.6 is 15.9 Å². The molecular weight excluding hydrogens is 396 g/mol. The topological polar surface area (TPSA) is 72.4 Å². The number of nitriles is 1. The van der Waals surface area contributed by atoms with Crippen LogP contribution in [0.15, 0.2) is 28.9 Å². The molecule has 138 valence electrons. The van der Waals surface area contributed by atoms with Crippen LogP contribution < -0.4 is 4.90 Å². The first kappa shape index (κ1) is 18.6. The van der Waals surface area contributed by atoms with E-state index in [0.717, 1.165) is 21.1 Å². The Bertz CT molecular complexity index is 849. The van der Waals surface area contributed by atoms with Gasteiger partial charge in [-0.15, -0.1) is 0 Å². The summed E-state index contributed by atoms with van der Waals surface area (Å²) in [5, 5.41) is 10.4. The average Bonchev–Trinajstić information content (AvgIpc) is 2.95. The molecule has 2 heterocycles. The number of fused-ring (bicyclic) bond motifs is 1. The number of carbonyl (C=O) groups excluding carboxylic acids is 1. The zero-order chi connectivity index (χ0) is 18.9. The predicted octanol–water partition coefficient (Wildman–Crippen LogP) is 4.27. The van der Waals surface area contributed by atoms with Crippen molar-refractivity contribution in [3.05, 3.63) is 28.9 Å². The number of hydrogen-bond donors (Lipinski definition) is 1. The van der Waals surface area contributed by atoms with Crippen LogP contribution in [0.5, 0.6) is 0 Å². The highest BCUT2D eigenvalue weighted by atomic mass is 79.9. The van der Waals surface area contributed by atoms with Crippen molar-refractivity contribution >= 4 is 38.6 Å². The fourth-order valence-corrected chi connectivity index (χ4v) is 3.73. The predicted molar refractivity (Wildman–Crippen MR) is 105 cm³/mol. The van der Waals surface area contributed by atoms with Crippen LogP contribution in [0.4, 0.5) is 10.5 Å². The molecule has 0 bridgehead atoms. The minimum absolute atomic E-state index is 0.0751. The van der Waals surface area contributed by atoms with Crippen molar-refractivity contribution in [1.29, 1.82) is 5.26 Å². The van der Waals surface area contributed by atoms with Crippen molar-refractivity contribution in [2.24, 2.45) is 0 Å². The molecule has 0 saturated carbocycles. The summed E-state index contributed by atoms with van der Waals surface area (Å²) in [5.41, 5.74) is 1.56. The molecule has 1 N–H and O–H groups in total. The van der Waals surface area contributed by atoms with Crippen molar-refractivity contribution in [1.82, 2.24) is 9.88 Å². The number of para-hydroxylation sites is 1. The highest BCUT2D eigenvalue weighted by Gasteiger charge is 2.32. The molecular formula is C19H23BrN4O2. The molecule has 0 spiro atoms. The van der Waals surface area contributed by atoms with E-state index in [1.54, 1.807) is 4.90 Å². The number of nitrogens with zero attached hydrogens (tertiary/aromatic N) is 3. The van der Waals surface area contributed by atoms with Gasteiger partial charge in [-0.3, -0.25) is 0 Å². The minimum Gasteiger partial charge on any atom is -0.444 e. The molecule has 1 amide bonds. The number of amides is 1. The van der Waals surface area contributed by atoms with Crippen LogP contribution in [0, 0.1) is 11.3 Å². The molecule has 1 aromatic carbocycles. The third-order valence-electron chi connectivity index (χ3n) is 4.41. The molecule has 1 aliphatic rings. The van der Waals surface area contributed by atoms with Gasteiger partial charge in [0, 0.05) is 35.7 Å². The largest absolute Gasteiger partial charge is 0.444 e. The van der Waals surface area contributed by atoms with Crippen molar-refractivity contribution in [2.45, 2.75) is 38.8 Å².